The lowest BCUT2D eigenvalue weighted by Gasteiger charge is -2.12. The lowest BCUT2D eigenvalue weighted by atomic mass is 10.2. The van der Waals surface area contributed by atoms with Gasteiger partial charge < -0.3 is 4.74 Å². The summed E-state index contributed by atoms with van der Waals surface area (Å²) in [6.07, 6.45) is 2.69. The molecule has 0 atom stereocenters. The molecule has 0 saturated carbocycles. The van der Waals surface area contributed by atoms with E-state index in [9.17, 15) is 14.9 Å². The highest BCUT2D eigenvalue weighted by Gasteiger charge is 2.19. The maximum Gasteiger partial charge on any atom is 0.311 e. The molecule has 1 aromatic heterocycles. The van der Waals surface area contributed by atoms with Gasteiger partial charge in [0.1, 0.15) is 12.4 Å². The molecule has 11 heteroatoms. The van der Waals surface area contributed by atoms with Crippen LogP contribution < -0.4 is 10.3 Å². The zero-order chi connectivity index (χ0) is 25.8. The summed E-state index contributed by atoms with van der Waals surface area (Å²) >= 11 is 10.3. The average molecular weight is 679 g/mol. The lowest BCUT2D eigenvalue weighted by molar-refractivity contribution is -0.385. The van der Waals surface area contributed by atoms with Crippen molar-refractivity contribution in [3.63, 3.8) is 0 Å². The van der Waals surface area contributed by atoms with Crippen molar-refractivity contribution in [1.29, 1.82) is 0 Å². The fraction of sp³-hybridized carbons (Fsp3) is 0.160. The number of rotatable bonds is 8. The first-order valence-corrected chi connectivity index (χ1v) is 13.3. The van der Waals surface area contributed by atoms with Gasteiger partial charge in [0.15, 0.2) is 0 Å². The maximum atomic E-state index is 13.3. The number of benzene rings is 3. The molecule has 36 heavy (non-hydrogen) atoms. The van der Waals surface area contributed by atoms with Gasteiger partial charge in [-0.1, -0.05) is 66.8 Å². The summed E-state index contributed by atoms with van der Waals surface area (Å²) in [5.41, 5.74) is 1.23. The van der Waals surface area contributed by atoms with Crippen LogP contribution in [0.2, 0.25) is 0 Å². The minimum Gasteiger partial charge on any atom is -0.481 e. The topological polar surface area (TPSA) is 99.6 Å². The number of hydrogen-bond acceptors (Lipinski definition) is 6. The van der Waals surface area contributed by atoms with E-state index in [1.807, 2.05) is 31.2 Å². The SMILES string of the molecule is CCCc1nc2ccc(Br)cc2c(=O)n1N=Cc1cccc([N+](=O)[O-])c1OCc1ccc(Br)cc1Br. The van der Waals surface area contributed by atoms with Crippen LogP contribution in [-0.2, 0) is 13.0 Å². The third-order valence-corrected chi connectivity index (χ3v) is 6.99. The number of nitro groups is 1. The van der Waals surface area contributed by atoms with E-state index in [0.717, 1.165) is 25.4 Å². The molecule has 0 unspecified atom stereocenters. The van der Waals surface area contributed by atoms with E-state index in [2.05, 4.69) is 57.9 Å². The molecule has 0 saturated heterocycles. The number of fused-ring (bicyclic) bond motifs is 1. The summed E-state index contributed by atoms with van der Waals surface area (Å²) in [5, 5.41) is 16.6. The Morgan fingerprint density at radius 1 is 1.11 bits per heavy atom. The molecule has 0 N–H and O–H groups in total. The summed E-state index contributed by atoms with van der Waals surface area (Å²) < 4.78 is 9.62. The third kappa shape index (κ3) is 5.74. The van der Waals surface area contributed by atoms with Gasteiger partial charge >= 0.3 is 5.69 Å². The van der Waals surface area contributed by atoms with Crippen molar-refractivity contribution in [3.8, 4) is 5.75 Å². The Kier molecular flexibility index (Phi) is 8.32. The van der Waals surface area contributed by atoms with Crippen molar-refractivity contribution in [2.75, 3.05) is 0 Å². The normalized spacial score (nSPS) is 11.3. The Morgan fingerprint density at radius 3 is 2.58 bits per heavy atom. The second kappa shape index (κ2) is 11.4. The molecule has 0 aliphatic rings. The minimum absolute atomic E-state index is 0.0580. The molecule has 4 aromatic rings. The van der Waals surface area contributed by atoms with Crippen LogP contribution in [0.3, 0.4) is 0 Å². The fourth-order valence-corrected chi connectivity index (χ4v) is 5.08. The van der Waals surface area contributed by atoms with E-state index in [1.165, 1.54) is 17.0 Å². The number of halogens is 3. The molecule has 0 amide bonds. The summed E-state index contributed by atoms with van der Waals surface area (Å²) in [4.78, 5) is 29.1. The quantitative estimate of drug-likeness (QED) is 0.113. The number of hydrogen-bond donors (Lipinski definition) is 0. The average Bonchev–Trinajstić information content (AvgIpc) is 2.84. The van der Waals surface area contributed by atoms with Crippen LogP contribution in [0.25, 0.3) is 10.9 Å². The minimum atomic E-state index is -0.507. The van der Waals surface area contributed by atoms with Crippen LogP contribution in [0.15, 0.2) is 77.9 Å². The van der Waals surface area contributed by atoms with Gasteiger partial charge in [0, 0.05) is 37.0 Å². The predicted octanol–water partition coefficient (Wildman–Crippen LogP) is 7.01. The summed E-state index contributed by atoms with van der Waals surface area (Å²) in [7, 11) is 0. The zero-order valence-corrected chi connectivity index (χ0v) is 23.7. The van der Waals surface area contributed by atoms with Crippen LogP contribution in [0, 0.1) is 10.1 Å². The van der Waals surface area contributed by atoms with Crippen LogP contribution in [-0.4, -0.2) is 20.8 Å². The summed E-state index contributed by atoms with van der Waals surface area (Å²) in [6.45, 7) is 2.07. The second-order valence-corrected chi connectivity index (χ2v) is 10.5. The number of aromatic nitrogens is 2. The highest BCUT2D eigenvalue weighted by Crippen LogP contribution is 2.32. The van der Waals surface area contributed by atoms with Gasteiger partial charge in [0.05, 0.1) is 22.0 Å². The van der Waals surface area contributed by atoms with Crippen molar-refractivity contribution < 1.29 is 9.66 Å². The largest absolute Gasteiger partial charge is 0.481 e. The first-order chi connectivity index (χ1) is 17.3. The number of aryl methyl sites for hydroxylation is 1. The van der Waals surface area contributed by atoms with Gasteiger partial charge in [0.2, 0.25) is 5.75 Å². The van der Waals surface area contributed by atoms with Crippen LogP contribution >= 0.6 is 47.8 Å². The number of para-hydroxylation sites is 1. The van der Waals surface area contributed by atoms with Crippen molar-refractivity contribution in [2.24, 2.45) is 5.10 Å². The molecule has 4 rings (SSSR count). The Morgan fingerprint density at radius 2 is 1.86 bits per heavy atom. The van der Waals surface area contributed by atoms with Crippen LogP contribution in [0.1, 0.15) is 30.3 Å². The Bertz CT molecular complexity index is 1550. The fourth-order valence-electron chi connectivity index (χ4n) is 3.55. The number of nitrogens with zero attached hydrogens (tertiary/aromatic N) is 4. The monoisotopic (exact) mass is 676 g/mol. The van der Waals surface area contributed by atoms with Gasteiger partial charge in [0.25, 0.3) is 5.56 Å². The molecule has 0 radical (unpaired) electrons. The van der Waals surface area contributed by atoms with E-state index < -0.39 is 4.92 Å². The third-order valence-electron chi connectivity index (χ3n) is 5.27. The van der Waals surface area contributed by atoms with E-state index in [1.54, 1.807) is 24.3 Å². The summed E-state index contributed by atoms with van der Waals surface area (Å²) in [6, 6.07) is 15.5. The van der Waals surface area contributed by atoms with Gasteiger partial charge in [-0.2, -0.15) is 9.78 Å². The van der Waals surface area contributed by atoms with Crippen LogP contribution in [0.4, 0.5) is 5.69 Å². The highest BCUT2D eigenvalue weighted by atomic mass is 79.9. The molecule has 0 fully saturated rings. The molecule has 3 aromatic carbocycles. The molecular formula is C25H19Br3N4O4. The molecule has 184 valence electrons. The Hall–Kier alpha value is -2.89. The van der Waals surface area contributed by atoms with Crippen molar-refractivity contribution >= 4 is 70.6 Å². The number of nitro benzene ring substituents is 1. The van der Waals surface area contributed by atoms with Gasteiger partial charge in [-0.05, 0) is 42.8 Å². The molecule has 0 bridgehead atoms. The highest BCUT2D eigenvalue weighted by molar-refractivity contribution is 9.11. The molecule has 8 nitrogen and oxygen atoms in total. The lowest BCUT2D eigenvalue weighted by Crippen LogP contribution is -2.22. The van der Waals surface area contributed by atoms with Crippen molar-refractivity contribution in [2.45, 2.75) is 26.4 Å². The molecular weight excluding hydrogens is 660 g/mol. The first kappa shape index (κ1) is 26.2. The Balaban J connectivity index is 1.77. The van der Waals surface area contributed by atoms with Crippen molar-refractivity contribution in [3.05, 3.63) is 105 Å². The van der Waals surface area contributed by atoms with Gasteiger partial charge in [-0.15, -0.1) is 0 Å². The molecule has 0 aliphatic carbocycles. The molecule has 1 heterocycles. The predicted molar refractivity (Wildman–Crippen MR) is 150 cm³/mol. The first-order valence-electron chi connectivity index (χ1n) is 10.9. The summed E-state index contributed by atoms with van der Waals surface area (Å²) in [5.74, 6) is 0.558. The van der Waals surface area contributed by atoms with Gasteiger partial charge in [-0.3, -0.25) is 14.9 Å². The van der Waals surface area contributed by atoms with Crippen LogP contribution in [0.5, 0.6) is 5.75 Å². The van der Waals surface area contributed by atoms with E-state index in [0.29, 0.717) is 28.7 Å². The second-order valence-electron chi connectivity index (χ2n) is 7.78. The number of ether oxygens (including phenoxy) is 1. The maximum absolute atomic E-state index is 13.3. The van der Waals surface area contributed by atoms with Crippen molar-refractivity contribution in [1.82, 2.24) is 9.66 Å². The Labute approximate surface area is 231 Å². The molecule has 0 spiro atoms. The zero-order valence-electron chi connectivity index (χ0n) is 19.0. The van der Waals surface area contributed by atoms with E-state index >= 15 is 0 Å². The molecule has 0 aliphatic heterocycles. The standard InChI is InChI=1S/C25H19Br3N4O4/c1-2-4-23-30-21-10-9-17(26)11-19(21)25(33)31(23)29-13-15-5-3-6-22(32(34)35)24(15)36-14-16-7-8-18(27)12-20(16)28/h3,5-13H,2,4,14H2,1H3. The smallest absolute Gasteiger partial charge is 0.311 e. The van der Waals surface area contributed by atoms with E-state index in [-0.39, 0.29) is 23.6 Å². The van der Waals surface area contributed by atoms with E-state index in [4.69, 9.17) is 4.74 Å². The van der Waals surface area contributed by atoms with Gasteiger partial charge in [-0.25, -0.2) is 4.98 Å².